The summed E-state index contributed by atoms with van der Waals surface area (Å²) in [7, 11) is -2.13. The van der Waals surface area contributed by atoms with Crippen molar-refractivity contribution in [3.63, 3.8) is 0 Å². The van der Waals surface area contributed by atoms with Crippen molar-refractivity contribution in [1.29, 1.82) is 0 Å². The Morgan fingerprint density at radius 3 is 1.65 bits per heavy atom. The highest BCUT2D eigenvalue weighted by molar-refractivity contribution is 6.84. The fourth-order valence-electron chi connectivity index (χ4n) is 2.72. The molecule has 0 aromatic carbocycles. The molecule has 5 nitrogen and oxygen atoms in total. The highest BCUT2D eigenvalue weighted by Gasteiger charge is 2.49. The molecule has 0 aliphatic heterocycles. The van der Waals surface area contributed by atoms with E-state index >= 15 is 0 Å². The van der Waals surface area contributed by atoms with E-state index in [1.165, 1.54) is 0 Å². The molecule has 20 heavy (non-hydrogen) atoms. The number of hydrogen-bond donors (Lipinski definition) is 1. The average Bonchev–Trinajstić information content (AvgIpc) is 2.44. The van der Waals surface area contributed by atoms with Crippen LogP contribution in [-0.4, -0.2) is 44.4 Å². The predicted octanol–water partition coefficient (Wildman–Crippen LogP) is 2.35. The van der Waals surface area contributed by atoms with Gasteiger partial charge in [0.05, 0.1) is 26.8 Å². The van der Waals surface area contributed by atoms with Gasteiger partial charge in [-0.1, -0.05) is 38.9 Å². The van der Waals surface area contributed by atoms with Crippen LogP contribution >= 0.6 is 0 Å². The lowest BCUT2D eigenvalue weighted by atomic mass is 10.2. The highest BCUT2D eigenvalue weighted by atomic mass is 28.3. The molecular weight excluding hydrogens is 276 g/mol. The molecule has 0 aliphatic carbocycles. The van der Waals surface area contributed by atoms with Gasteiger partial charge in [0, 0.05) is 0 Å². The summed E-state index contributed by atoms with van der Waals surface area (Å²) in [5, 5.41) is 10.3. The molecule has 0 heterocycles. The van der Waals surface area contributed by atoms with E-state index in [0.29, 0.717) is 0 Å². The quantitative estimate of drug-likeness (QED) is 0.523. The molecule has 0 fully saturated rings. The van der Waals surface area contributed by atoms with Crippen molar-refractivity contribution in [2.24, 2.45) is 0 Å². The number of aliphatic hydroxyl groups is 1. The fourth-order valence-corrected chi connectivity index (χ4v) is 6.93. The molecular formula is C14H28O5Si. The third-order valence-corrected chi connectivity index (χ3v) is 10.3. The van der Waals surface area contributed by atoms with Crippen LogP contribution in [0, 0.1) is 0 Å². The maximum Gasteiger partial charge on any atom is 0.335 e. The lowest BCUT2D eigenvalue weighted by molar-refractivity contribution is -0.159. The summed E-state index contributed by atoms with van der Waals surface area (Å²) in [6.07, 6.45) is -1.42. The van der Waals surface area contributed by atoms with Crippen LogP contribution in [0.5, 0.6) is 0 Å². The van der Waals surface area contributed by atoms with Gasteiger partial charge in [0.2, 0.25) is 0 Å². The van der Waals surface area contributed by atoms with E-state index in [0.717, 1.165) is 18.1 Å². The van der Waals surface area contributed by atoms with Crippen molar-refractivity contribution >= 4 is 20.0 Å². The third-order valence-electron chi connectivity index (χ3n) is 4.16. The SMILES string of the molecule is CCOC(=O)C(O)C(C(=O)OCC)[Si](CC)(CC)CC. The minimum absolute atomic E-state index is 0.185. The number of hydrogen-bond acceptors (Lipinski definition) is 5. The van der Waals surface area contributed by atoms with E-state index in [9.17, 15) is 14.7 Å². The smallest absolute Gasteiger partial charge is 0.335 e. The number of carbonyl (C=O) groups is 2. The minimum Gasteiger partial charge on any atom is -0.466 e. The van der Waals surface area contributed by atoms with Gasteiger partial charge in [-0.25, -0.2) is 4.79 Å². The van der Waals surface area contributed by atoms with Crippen LogP contribution in [-0.2, 0) is 19.1 Å². The summed E-state index contributed by atoms with van der Waals surface area (Å²) < 4.78 is 9.96. The second-order valence-electron chi connectivity index (χ2n) is 4.85. The van der Waals surface area contributed by atoms with Crippen LogP contribution in [0.25, 0.3) is 0 Å². The second kappa shape index (κ2) is 9.13. The summed E-state index contributed by atoms with van der Waals surface area (Å²) in [6, 6.07) is 2.46. The summed E-state index contributed by atoms with van der Waals surface area (Å²) in [6.45, 7) is 9.87. The summed E-state index contributed by atoms with van der Waals surface area (Å²) in [5.41, 5.74) is -0.749. The van der Waals surface area contributed by atoms with Crippen molar-refractivity contribution < 1.29 is 24.2 Å². The zero-order valence-corrected chi connectivity index (χ0v) is 14.3. The van der Waals surface area contributed by atoms with Crippen molar-refractivity contribution in [3.05, 3.63) is 0 Å². The van der Waals surface area contributed by atoms with E-state index in [2.05, 4.69) is 0 Å². The van der Waals surface area contributed by atoms with Gasteiger partial charge >= 0.3 is 11.9 Å². The van der Waals surface area contributed by atoms with Crippen molar-refractivity contribution in [3.8, 4) is 0 Å². The molecule has 0 bridgehead atoms. The Balaban J connectivity index is 5.46. The number of esters is 2. The Labute approximate surface area is 122 Å². The molecule has 6 heteroatoms. The zero-order chi connectivity index (χ0) is 15.8. The minimum atomic E-state index is -2.13. The monoisotopic (exact) mass is 304 g/mol. The van der Waals surface area contributed by atoms with Gasteiger partial charge in [0.25, 0.3) is 0 Å². The molecule has 0 aromatic rings. The van der Waals surface area contributed by atoms with Crippen LogP contribution < -0.4 is 0 Å². The Morgan fingerprint density at radius 1 is 0.900 bits per heavy atom. The molecule has 0 aromatic heterocycles. The van der Waals surface area contributed by atoms with Gasteiger partial charge in [-0.05, 0) is 13.8 Å². The predicted molar refractivity (Wildman–Crippen MR) is 80.2 cm³/mol. The average molecular weight is 304 g/mol. The molecule has 1 N–H and O–H groups in total. The van der Waals surface area contributed by atoms with Crippen molar-refractivity contribution in [2.45, 2.75) is 64.4 Å². The van der Waals surface area contributed by atoms with E-state index in [-0.39, 0.29) is 13.2 Å². The van der Waals surface area contributed by atoms with Gasteiger partial charge in [-0.15, -0.1) is 0 Å². The number of rotatable bonds is 9. The molecule has 0 aliphatic rings. The standard InChI is InChI=1S/C14H28O5Si/c1-6-18-13(16)11(15)12(14(17)19-7-2)20(8-3,9-4)10-5/h11-12,15H,6-10H2,1-5H3. The largest absolute Gasteiger partial charge is 0.466 e. The maximum atomic E-state index is 12.3. The summed E-state index contributed by atoms with van der Waals surface area (Å²) >= 11 is 0. The van der Waals surface area contributed by atoms with E-state index in [1.807, 2.05) is 20.8 Å². The first-order chi connectivity index (χ1) is 9.43. The lowest BCUT2D eigenvalue weighted by Crippen LogP contribution is -2.50. The van der Waals surface area contributed by atoms with Gasteiger partial charge in [0.15, 0.2) is 6.10 Å². The van der Waals surface area contributed by atoms with Crippen LogP contribution in [0.2, 0.25) is 23.7 Å². The molecule has 0 radical (unpaired) electrons. The number of carbonyl (C=O) groups excluding carboxylic acids is 2. The summed E-state index contributed by atoms with van der Waals surface area (Å²) in [4.78, 5) is 24.1. The topological polar surface area (TPSA) is 72.8 Å². The number of ether oxygens (including phenoxy) is 2. The van der Waals surface area contributed by atoms with Crippen LogP contribution in [0.3, 0.4) is 0 Å². The first kappa shape index (κ1) is 19.1. The van der Waals surface area contributed by atoms with Crippen LogP contribution in [0.1, 0.15) is 34.6 Å². The van der Waals surface area contributed by atoms with Gasteiger partial charge < -0.3 is 14.6 Å². The zero-order valence-electron chi connectivity index (χ0n) is 13.3. The Hall–Kier alpha value is -0.883. The lowest BCUT2D eigenvalue weighted by Gasteiger charge is -2.37. The maximum absolute atomic E-state index is 12.3. The Kier molecular flexibility index (Phi) is 8.72. The van der Waals surface area contributed by atoms with E-state index in [1.54, 1.807) is 13.8 Å². The molecule has 118 valence electrons. The van der Waals surface area contributed by atoms with Crippen LogP contribution in [0.4, 0.5) is 0 Å². The van der Waals surface area contributed by atoms with E-state index in [4.69, 9.17) is 9.47 Å². The molecule has 0 saturated carbocycles. The Bertz CT molecular complexity index is 306. The molecule has 0 spiro atoms. The highest BCUT2D eigenvalue weighted by Crippen LogP contribution is 2.37. The van der Waals surface area contributed by atoms with Crippen molar-refractivity contribution in [1.82, 2.24) is 0 Å². The molecule has 2 atom stereocenters. The summed E-state index contributed by atoms with van der Waals surface area (Å²) in [5.74, 6) is -1.19. The fraction of sp³-hybridized carbons (Fsp3) is 0.857. The first-order valence-corrected chi connectivity index (χ1v) is 10.1. The number of aliphatic hydroxyl groups excluding tert-OH is 1. The van der Waals surface area contributed by atoms with Crippen molar-refractivity contribution in [2.75, 3.05) is 13.2 Å². The second-order valence-corrected chi connectivity index (χ2v) is 10.3. The molecule has 0 saturated heterocycles. The molecule has 0 amide bonds. The first-order valence-electron chi connectivity index (χ1n) is 7.45. The van der Waals surface area contributed by atoms with Crippen LogP contribution in [0.15, 0.2) is 0 Å². The normalized spacial score (nSPS) is 14.5. The Morgan fingerprint density at radius 2 is 1.30 bits per heavy atom. The third kappa shape index (κ3) is 4.31. The molecule has 0 rings (SSSR count). The molecule has 2 unspecified atom stereocenters. The van der Waals surface area contributed by atoms with E-state index < -0.39 is 31.7 Å². The van der Waals surface area contributed by atoms with Gasteiger partial charge in [-0.3, -0.25) is 4.79 Å². The van der Waals surface area contributed by atoms with Gasteiger partial charge in [0.1, 0.15) is 0 Å². The van der Waals surface area contributed by atoms with Gasteiger partial charge in [-0.2, -0.15) is 0 Å².